The normalized spacial score (nSPS) is 16.9. The monoisotopic (exact) mass is 423 g/mol. The van der Waals surface area contributed by atoms with Crippen LogP contribution in [0.5, 0.6) is 0 Å². The summed E-state index contributed by atoms with van der Waals surface area (Å²) in [5.41, 5.74) is 3.48. The van der Waals surface area contributed by atoms with Crippen LogP contribution in [0.4, 0.5) is 0 Å². The molecule has 166 valence electrons. The maximum atomic E-state index is 13.0. The van der Waals surface area contributed by atoms with Crippen LogP contribution in [0.15, 0.2) is 54.6 Å². The van der Waals surface area contributed by atoms with Crippen LogP contribution in [0.25, 0.3) is 11.1 Å². The topological polar surface area (TPSA) is 61.9 Å². The quantitative estimate of drug-likeness (QED) is 0.674. The summed E-state index contributed by atoms with van der Waals surface area (Å²) in [5.74, 6) is -0.0884. The highest BCUT2D eigenvalue weighted by molar-refractivity contribution is 5.89. The fourth-order valence-electron chi connectivity index (χ4n) is 3.98. The lowest BCUT2D eigenvalue weighted by Crippen LogP contribution is -2.56. The predicted molar refractivity (Wildman–Crippen MR) is 122 cm³/mol. The Kier molecular flexibility index (Phi) is 8.20. The van der Waals surface area contributed by atoms with Crippen molar-refractivity contribution in [3.05, 3.63) is 60.2 Å². The van der Waals surface area contributed by atoms with E-state index >= 15 is 0 Å². The van der Waals surface area contributed by atoms with E-state index in [1.165, 1.54) is 5.56 Å². The number of hydrogen-bond acceptors (Lipinski definition) is 4. The molecule has 1 aliphatic heterocycles. The first-order valence-corrected chi connectivity index (χ1v) is 10.9. The van der Waals surface area contributed by atoms with Crippen LogP contribution in [0.3, 0.4) is 0 Å². The van der Waals surface area contributed by atoms with Gasteiger partial charge in [0.05, 0.1) is 19.1 Å². The molecule has 0 aromatic heterocycles. The molecule has 0 saturated carbocycles. The molecule has 6 heteroatoms. The molecule has 2 aromatic rings. The number of ether oxygens (including phenoxy) is 1. The van der Waals surface area contributed by atoms with E-state index in [0.29, 0.717) is 26.2 Å². The van der Waals surface area contributed by atoms with Crippen molar-refractivity contribution in [2.24, 2.45) is 0 Å². The van der Waals surface area contributed by atoms with Crippen molar-refractivity contribution in [1.82, 2.24) is 15.1 Å². The van der Waals surface area contributed by atoms with Crippen LogP contribution in [0.1, 0.15) is 25.8 Å². The zero-order chi connectivity index (χ0) is 22.2. The lowest BCUT2D eigenvalue weighted by atomic mass is 10.0. The second-order valence-electron chi connectivity index (χ2n) is 8.22. The summed E-state index contributed by atoms with van der Waals surface area (Å²) in [6, 6.07) is 18.3. The molecule has 1 heterocycles. The smallest absolute Gasteiger partial charge is 0.237 e. The minimum atomic E-state index is -0.459. The molecule has 2 amide bonds. The first kappa shape index (κ1) is 23.0. The van der Waals surface area contributed by atoms with Gasteiger partial charge in [-0.2, -0.15) is 0 Å². The molecule has 1 N–H and O–H groups in total. The first-order valence-electron chi connectivity index (χ1n) is 10.9. The van der Waals surface area contributed by atoms with Gasteiger partial charge in [0.25, 0.3) is 0 Å². The van der Waals surface area contributed by atoms with E-state index in [-0.39, 0.29) is 24.3 Å². The average molecular weight is 424 g/mol. The van der Waals surface area contributed by atoms with Crippen molar-refractivity contribution in [1.29, 1.82) is 0 Å². The second kappa shape index (κ2) is 11.1. The van der Waals surface area contributed by atoms with Crippen molar-refractivity contribution in [2.75, 3.05) is 33.4 Å². The highest BCUT2D eigenvalue weighted by Gasteiger charge is 2.33. The van der Waals surface area contributed by atoms with Crippen LogP contribution < -0.4 is 5.32 Å². The Labute approximate surface area is 185 Å². The summed E-state index contributed by atoms with van der Waals surface area (Å²) in [6.07, 6.45) is 0.176. The molecule has 1 unspecified atom stereocenters. The van der Waals surface area contributed by atoms with Crippen molar-refractivity contribution in [3.8, 4) is 11.1 Å². The van der Waals surface area contributed by atoms with Crippen molar-refractivity contribution < 1.29 is 14.3 Å². The molecule has 2 aromatic carbocycles. The lowest BCUT2D eigenvalue weighted by molar-refractivity contribution is -0.140. The van der Waals surface area contributed by atoms with E-state index in [1.54, 1.807) is 12.0 Å². The summed E-state index contributed by atoms with van der Waals surface area (Å²) < 4.78 is 5.14. The van der Waals surface area contributed by atoms with Gasteiger partial charge in [0.1, 0.15) is 0 Å². The summed E-state index contributed by atoms with van der Waals surface area (Å²) in [6.45, 7) is 6.95. The summed E-state index contributed by atoms with van der Waals surface area (Å²) >= 11 is 0. The molecule has 0 aliphatic carbocycles. The van der Waals surface area contributed by atoms with Gasteiger partial charge in [0.2, 0.25) is 11.8 Å². The molecule has 0 bridgehead atoms. The summed E-state index contributed by atoms with van der Waals surface area (Å²) in [7, 11) is 1.63. The highest BCUT2D eigenvalue weighted by Crippen LogP contribution is 2.21. The maximum Gasteiger partial charge on any atom is 0.237 e. The Bertz CT molecular complexity index is 852. The number of rotatable bonds is 9. The minimum absolute atomic E-state index is 0.0153. The maximum absolute atomic E-state index is 13.0. The van der Waals surface area contributed by atoms with Crippen molar-refractivity contribution >= 4 is 11.8 Å². The zero-order valence-corrected chi connectivity index (χ0v) is 18.7. The summed E-state index contributed by atoms with van der Waals surface area (Å²) in [4.78, 5) is 29.5. The molecule has 3 rings (SSSR count). The van der Waals surface area contributed by atoms with Gasteiger partial charge in [-0.15, -0.1) is 0 Å². The first-order chi connectivity index (χ1) is 15.0. The molecule has 31 heavy (non-hydrogen) atoms. The minimum Gasteiger partial charge on any atom is -0.383 e. The Morgan fingerprint density at radius 2 is 1.81 bits per heavy atom. The van der Waals surface area contributed by atoms with Gasteiger partial charge in [-0.05, 0) is 30.5 Å². The number of methoxy groups -OCH3 is 1. The van der Waals surface area contributed by atoms with E-state index in [9.17, 15) is 9.59 Å². The number of benzene rings is 2. The van der Waals surface area contributed by atoms with Crippen molar-refractivity contribution in [2.45, 2.75) is 38.9 Å². The number of piperazine rings is 1. The number of nitrogens with one attached hydrogen (secondary N) is 1. The predicted octanol–water partition coefficient (Wildman–Crippen LogP) is 2.93. The zero-order valence-electron chi connectivity index (χ0n) is 18.7. The van der Waals surface area contributed by atoms with E-state index in [2.05, 4.69) is 46.6 Å². The Morgan fingerprint density at radius 1 is 1.13 bits per heavy atom. The number of hydrogen-bond donors (Lipinski definition) is 1. The Hall–Kier alpha value is -2.70. The van der Waals surface area contributed by atoms with Gasteiger partial charge in [0.15, 0.2) is 0 Å². The molecule has 6 nitrogen and oxygen atoms in total. The van der Waals surface area contributed by atoms with Gasteiger partial charge in [0, 0.05) is 39.3 Å². The summed E-state index contributed by atoms with van der Waals surface area (Å²) in [5, 5.41) is 2.92. The van der Waals surface area contributed by atoms with Crippen molar-refractivity contribution in [3.63, 3.8) is 0 Å². The van der Waals surface area contributed by atoms with E-state index in [1.807, 2.05) is 32.0 Å². The Balaban J connectivity index is 1.69. The number of carbonyl (C=O) groups excluding carboxylic acids is 2. The van der Waals surface area contributed by atoms with Gasteiger partial charge < -0.3 is 15.0 Å². The number of amides is 2. The molecular formula is C25H33N3O3. The van der Waals surface area contributed by atoms with Crippen LogP contribution in [-0.2, 0) is 20.9 Å². The third kappa shape index (κ3) is 6.15. The van der Waals surface area contributed by atoms with Crippen LogP contribution in [-0.4, -0.2) is 67.0 Å². The van der Waals surface area contributed by atoms with E-state index in [4.69, 9.17) is 4.74 Å². The van der Waals surface area contributed by atoms with Gasteiger partial charge in [-0.1, -0.05) is 54.6 Å². The SMILES string of the molecule is COCCN(C(=O)CC1C(=O)NCCN1Cc1ccc(-c2ccccc2)cc1)C(C)C. The van der Waals surface area contributed by atoms with E-state index < -0.39 is 6.04 Å². The van der Waals surface area contributed by atoms with Gasteiger partial charge in [-0.25, -0.2) is 0 Å². The standard InChI is InChI=1S/C25H33N3O3/c1-19(2)28(15-16-31-3)24(29)17-23-25(30)26-13-14-27(23)18-20-9-11-22(12-10-20)21-7-5-4-6-8-21/h4-12,19,23H,13-18H2,1-3H3,(H,26,30). The fourth-order valence-corrected chi connectivity index (χ4v) is 3.98. The number of carbonyl (C=O) groups is 2. The molecule has 1 saturated heterocycles. The van der Waals surface area contributed by atoms with Crippen LogP contribution in [0, 0.1) is 0 Å². The van der Waals surface area contributed by atoms with E-state index in [0.717, 1.165) is 17.7 Å². The molecular weight excluding hydrogens is 390 g/mol. The largest absolute Gasteiger partial charge is 0.383 e. The highest BCUT2D eigenvalue weighted by atomic mass is 16.5. The molecule has 1 fully saturated rings. The number of nitrogens with zero attached hydrogens (tertiary/aromatic N) is 2. The van der Waals surface area contributed by atoms with Crippen LogP contribution >= 0.6 is 0 Å². The van der Waals surface area contributed by atoms with Gasteiger partial charge >= 0.3 is 0 Å². The van der Waals surface area contributed by atoms with Gasteiger partial charge in [-0.3, -0.25) is 14.5 Å². The lowest BCUT2D eigenvalue weighted by Gasteiger charge is -2.36. The molecule has 1 atom stereocenters. The average Bonchev–Trinajstić information content (AvgIpc) is 2.77. The molecule has 1 aliphatic rings. The molecule has 0 radical (unpaired) electrons. The third-order valence-corrected chi connectivity index (χ3v) is 5.74. The fraction of sp³-hybridized carbons (Fsp3) is 0.440. The third-order valence-electron chi connectivity index (χ3n) is 5.74. The van der Waals surface area contributed by atoms with Crippen LogP contribution in [0.2, 0.25) is 0 Å². The Morgan fingerprint density at radius 3 is 2.45 bits per heavy atom. The molecule has 0 spiro atoms. The second-order valence-corrected chi connectivity index (χ2v) is 8.22.